The summed E-state index contributed by atoms with van der Waals surface area (Å²) >= 11 is 0. The van der Waals surface area contributed by atoms with Gasteiger partial charge in [-0.1, -0.05) is 0 Å². The Hall–Kier alpha value is -0.800. The number of piperidine rings is 2. The van der Waals surface area contributed by atoms with E-state index in [2.05, 4.69) is 15.1 Å². The van der Waals surface area contributed by atoms with E-state index in [4.69, 9.17) is 14.1 Å². The number of furan rings is 1. The number of fused-ring (bicyclic) bond motifs is 1. The van der Waals surface area contributed by atoms with Crippen molar-refractivity contribution in [3.05, 3.63) is 24.2 Å². The highest BCUT2D eigenvalue weighted by Gasteiger charge is 2.42. The molecule has 7 heteroatoms. The molecule has 0 amide bonds. The largest absolute Gasteiger partial charge is 0.469 e. The molecule has 0 spiro atoms. The number of guanidine groups is 1. The van der Waals surface area contributed by atoms with Gasteiger partial charge in [-0.3, -0.25) is 9.89 Å². The van der Waals surface area contributed by atoms with E-state index in [-0.39, 0.29) is 24.0 Å². The molecule has 1 aromatic rings. The van der Waals surface area contributed by atoms with Gasteiger partial charge in [-0.2, -0.15) is 0 Å². The van der Waals surface area contributed by atoms with E-state index in [1.54, 1.807) is 6.26 Å². The van der Waals surface area contributed by atoms with Gasteiger partial charge in [0.05, 0.1) is 18.9 Å². The summed E-state index contributed by atoms with van der Waals surface area (Å²) in [6.45, 7) is 6.12. The molecule has 30 heavy (non-hydrogen) atoms. The van der Waals surface area contributed by atoms with Crippen LogP contribution < -0.4 is 5.32 Å². The smallest absolute Gasteiger partial charge is 0.194 e. The highest BCUT2D eigenvalue weighted by atomic mass is 127. The molecule has 4 fully saturated rings. The van der Waals surface area contributed by atoms with Crippen LogP contribution in [0, 0.1) is 5.92 Å². The third-order valence-corrected chi connectivity index (χ3v) is 7.13. The lowest BCUT2D eigenvalue weighted by atomic mass is 9.83. The molecule has 4 heterocycles. The van der Waals surface area contributed by atoms with Crippen LogP contribution in [0.1, 0.15) is 50.7 Å². The molecule has 3 unspecified atom stereocenters. The molecule has 168 valence electrons. The van der Waals surface area contributed by atoms with Crippen molar-refractivity contribution in [3.8, 4) is 0 Å². The Morgan fingerprint density at radius 1 is 1.13 bits per heavy atom. The molecule has 1 N–H and O–H groups in total. The Balaban J connectivity index is 0.00000218. The van der Waals surface area contributed by atoms with Crippen LogP contribution in [0.25, 0.3) is 0 Å². The van der Waals surface area contributed by atoms with Crippen molar-refractivity contribution in [2.24, 2.45) is 10.9 Å². The van der Waals surface area contributed by atoms with Crippen molar-refractivity contribution in [2.45, 2.75) is 69.6 Å². The first-order valence-electron chi connectivity index (χ1n) is 11.8. The third-order valence-electron chi connectivity index (χ3n) is 7.13. The van der Waals surface area contributed by atoms with Gasteiger partial charge in [0, 0.05) is 44.7 Å². The van der Waals surface area contributed by atoms with Crippen LogP contribution in [0.5, 0.6) is 0 Å². The van der Waals surface area contributed by atoms with Crippen LogP contribution in [-0.2, 0) is 11.2 Å². The number of likely N-dealkylation sites (tertiary alicyclic amines) is 2. The molecular formula is C23H37IN4O2. The first kappa shape index (κ1) is 22.4. The molecule has 1 saturated carbocycles. The van der Waals surface area contributed by atoms with Crippen LogP contribution in [0.15, 0.2) is 27.8 Å². The minimum absolute atomic E-state index is 0. The lowest BCUT2D eigenvalue weighted by Gasteiger charge is -2.48. The van der Waals surface area contributed by atoms with Gasteiger partial charge in [0.2, 0.25) is 0 Å². The van der Waals surface area contributed by atoms with Crippen LogP contribution in [-0.4, -0.2) is 73.3 Å². The zero-order valence-electron chi connectivity index (χ0n) is 18.0. The molecule has 5 rings (SSSR count). The molecule has 0 radical (unpaired) electrons. The van der Waals surface area contributed by atoms with E-state index in [9.17, 15) is 0 Å². The topological polar surface area (TPSA) is 53.2 Å². The van der Waals surface area contributed by atoms with E-state index in [0.717, 1.165) is 75.3 Å². The predicted octanol–water partition coefficient (Wildman–Crippen LogP) is 3.51. The van der Waals surface area contributed by atoms with Gasteiger partial charge in [0.15, 0.2) is 5.96 Å². The van der Waals surface area contributed by atoms with E-state index < -0.39 is 0 Å². The lowest BCUT2D eigenvalue weighted by molar-refractivity contribution is 0.0368. The van der Waals surface area contributed by atoms with Crippen LogP contribution in [0.2, 0.25) is 0 Å². The molecule has 6 nitrogen and oxygen atoms in total. The third kappa shape index (κ3) is 5.51. The fourth-order valence-corrected chi connectivity index (χ4v) is 5.49. The summed E-state index contributed by atoms with van der Waals surface area (Å²) in [5.74, 6) is 2.90. The number of rotatable bonds is 6. The Kier molecular flexibility index (Phi) is 7.97. The molecule has 1 aromatic heterocycles. The monoisotopic (exact) mass is 528 g/mol. The molecule has 1 aliphatic carbocycles. The molecule has 3 aliphatic heterocycles. The second kappa shape index (κ2) is 10.7. The number of hydrogen-bond acceptors (Lipinski definition) is 4. The van der Waals surface area contributed by atoms with Crippen molar-refractivity contribution in [1.29, 1.82) is 0 Å². The summed E-state index contributed by atoms with van der Waals surface area (Å²) in [7, 11) is 0. The van der Waals surface area contributed by atoms with Crippen molar-refractivity contribution < 1.29 is 9.15 Å². The van der Waals surface area contributed by atoms with Gasteiger partial charge in [-0.15, -0.1) is 24.0 Å². The average Bonchev–Trinajstić information content (AvgIpc) is 3.22. The lowest BCUT2D eigenvalue weighted by Crippen LogP contribution is -2.57. The Morgan fingerprint density at radius 3 is 2.83 bits per heavy atom. The fraction of sp³-hybridized carbons (Fsp3) is 0.783. The standard InChI is InChI=1S/C23H36N4O2.HI/c1-4-18-17-26(13-10-22(18)27(12-1)19-7-8-19)23(25-16-21-6-3-15-29-21)24-11-9-20-5-2-14-28-20;/h2,5,14,18-19,21-22H,1,3-4,6-13,15-17H2,(H,24,25);1H. The van der Waals surface area contributed by atoms with Crippen molar-refractivity contribution in [1.82, 2.24) is 15.1 Å². The van der Waals surface area contributed by atoms with Crippen molar-refractivity contribution in [2.75, 3.05) is 39.3 Å². The van der Waals surface area contributed by atoms with Crippen molar-refractivity contribution >= 4 is 29.9 Å². The molecule has 4 aliphatic rings. The van der Waals surface area contributed by atoms with E-state index >= 15 is 0 Å². The summed E-state index contributed by atoms with van der Waals surface area (Å²) in [6.07, 6.45) is 12.1. The van der Waals surface area contributed by atoms with Gasteiger partial charge < -0.3 is 19.4 Å². The SMILES string of the molecule is I.c1coc(CCNC(=NCC2CCCO2)N2CCC3C(CCCN3C3CC3)C2)c1. The van der Waals surface area contributed by atoms with Gasteiger partial charge in [0.25, 0.3) is 0 Å². The van der Waals surface area contributed by atoms with E-state index in [0.29, 0.717) is 6.10 Å². The molecule has 0 bridgehead atoms. The first-order valence-corrected chi connectivity index (χ1v) is 11.8. The van der Waals surface area contributed by atoms with Crippen LogP contribution >= 0.6 is 24.0 Å². The highest BCUT2D eigenvalue weighted by Crippen LogP contribution is 2.38. The number of nitrogens with one attached hydrogen (secondary N) is 1. The van der Waals surface area contributed by atoms with Gasteiger partial charge in [-0.25, -0.2) is 0 Å². The molecular weight excluding hydrogens is 491 g/mol. The van der Waals surface area contributed by atoms with E-state index in [1.165, 1.54) is 45.1 Å². The Labute approximate surface area is 197 Å². The van der Waals surface area contributed by atoms with Crippen molar-refractivity contribution in [3.63, 3.8) is 0 Å². The average molecular weight is 528 g/mol. The summed E-state index contributed by atoms with van der Waals surface area (Å²) in [5, 5.41) is 3.64. The van der Waals surface area contributed by atoms with Gasteiger partial charge in [-0.05, 0) is 69.5 Å². The summed E-state index contributed by atoms with van der Waals surface area (Å²) in [4.78, 5) is 10.4. The maximum absolute atomic E-state index is 5.81. The Morgan fingerprint density at radius 2 is 2.07 bits per heavy atom. The molecule has 3 atom stereocenters. The van der Waals surface area contributed by atoms with Gasteiger partial charge >= 0.3 is 0 Å². The second-order valence-corrected chi connectivity index (χ2v) is 9.23. The number of halogens is 1. The molecule has 3 saturated heterocycles. The number of ether oxygens (including phenoxy) is 1. The number of hydrogen-bond donors (Lipinski definition) is 1. The van der Waals surface area contributed by atoms with E-state index in [1.807, 2.05) is 12.1 Å². The zero-order valence-corrected chi connectivity index (χ0v) is 20.3. The summed E-state index contributed by atoms with van der Waals surface area (Å²) in [5.41, 5.74) is 0. The van der Waals surface area contributed by atoms with Gasteiger partial charge in [0.1, 0.15) is 5.76 Å². The minimum atomic E-state index is 0. The maximum Gasteiger partial charge on any atom is 0.194 e. The normalized spacial score (nSPS) is 30.1. The second-order valence-electron chi connectivity index (χ2n) is 9.23. The number of nitrogens with zero attached hydrogens (tertiary/aromatic N) is 3. The number of aliphatic imine (C=N–C) groups is 1. The quantitative estimate of drug-likeness (QED) is 0.348. The summed E-state index contributed by atoms with van der Waals surface area (Å²) in [6, 6.07) is 5.70. The minimum Gasteiger partial charge on any atom is -0.469 e. The fourth-order valence-electron chi connectivity index (χ4n) is 5.49. The van der Waals surface area contributed by atoms with Crippen LogP contribution in [0.4, 0.5) is 0 Å². The Bertz CT molecular complexity index is 673. The predicted molar refractivity (Wildman–Crippen MR) is 130 cm³/mol. The van der Waals surface area contributed by atoms with Crippen LogP contribution in [0.3, 0.4) is 0 Å². The summed E-state index contributed by atoms with van der Waals surface area (Å²) < 4.78 is 11.3. The zero-order chi connectivity index (χ0) is 19.5. The first-order chi connectivity index (χ1) is 14.4. The maximum atomic E-state index is 5.81. The molecule has 0 aromatic carbocycles. The highest BCUT2D eigenvalue weighted by molar-refractivity contribution is 14.0.